The third-order valence-electron chi connectivity index (χ3n) is 4.79. The largest absolute Gasteiger partial charge is 0.381 e. The maximum Gasteiger partial charge on any atom is 0.0881 e. The van der Waals surface area contributed by atoms with Crippen molar-refractivity contribution in [3.63, 3.8) is 0 Å². The molecule has 20 heavy (non-hydrogen) atoms. The van der Waals surface area contributed by atoms with E-state index in [0.717, 1.165) is 17.4 Å². The van der Waals surface area contributed by atoms with Crippen LogP contribution in [0, 0.1) is 11.8 Å². The van der Waals surface area contributed by atoms with E-state index in [9.17, 15) is 0 Å². The number of nitrogens with zero attached hydrogens (tertiary/aromatic N) is 1. The summed E-state index contributed by atoms with van der Waals surface area (Å²) in [6.45, 7) is 4.73. The Morgan fingerprint density at radius 1 is 1.20 bits per heavy atom. The van der Waals surface area contributed by atoms with Crippen molar-refractivity contribution in [3.05, 3.63) is 24.4 Å². The lowest BCUT2D eigenvalue weighted by molar-refractivity contribution is 0.341. The molecule has 3 nitrogen and oxygen atoms in total. The van der Waals surface area contributed by atoms with Gasteiger partial charge in [-0.15, -0.1) is 0 Å². The molecule has 0 aliphatic heterocycles. The molecule has 1 saturated carbocycles. The highest BCUT2D eigenvalue weighted by molar-refractivity contribution is 5.89. The van der Waals surface area contributed by atoms with Crippen molar-refractivity contribution in [3.8, 4) is 0 Å². The fourth-order valence-corrected chi connectivity index (χ4v) is 3.45. The van der Waals surface area contributed by atoms with Gasteiger partial charge in [0.05, 0.1) is 17.4 Å². The minimum atomic E-state index is 0.604. The summed E-state index contributed by atoms with van der Waals surface area (Å²) in [5, 5.41) is 12.2. The Kier molecular flexibility index (Phi) is 3.95. The third kappa shape index (κ3) is 2.82. The Morgan fingerprint density at radius 2 is 2.10 bits per heavy atom. The van der Waals surface area contributed by atoms with Crippen molar-refractivity contribution >= 4 is 16.6 Å². The van der Waals surface area contributed by atoms with E-state index in [4.69, 9.17) is 0 Å². The monoisotopic (exact) mass is 271 g/mol. The molecular weight excluding hydrogens is 246 g/mol. The number of benzene rings is 1. The fraction of sp³-hybridized carbons (Fsp3) is 0.588. The Hall–Kier alpha value is -1.51. The maximum atomic E-state index is 4.14. The normalized spacial score (nSPS) is 23.9. The third-order valence-corrected chi connectivity index (χ3v) is 4.79. The smallest absolute Gasteiger partial charge is 0.0881 e. The van der Waals surface area contributed by atoms with E-state index < -0.39 is 0 Å². The summed E-state index contributed by atoms with van der Waals surface area (Å²) in [6, 6.07) is 6.97. The van der Waals surface area contributed by atoms with Crippen molar-refractivity contribution in [2.24, 2.45) is 11.8 Å². The predicted molar refractivity (Wildman–Crippen MR) is 84.9 cm³/mol. The summed E-state index contributed by atoms with van der Waals surface area (Å²) in [5.41, 5.74) is 2.34. The highest BCUT2D eigenvalue weighted by Crippen LogP contribution is 2.31. The van der Waals surface area contributed by atoms with Crippen LogP contribution in [-0.2, 0) is 0 Å². The van der Waals surface area contributed by atoms with Crippen molar-refractivity contribution < 1.29 is 0 Å². The molecule has 2 aromatic rings. The Balaban J connectivity index is 1.70. The number of para-hydroxylation sites is 1. The molecule has 0 radical (unpaired) electrons. The molecule has 1 aliphatic rings. The minimum absolute atomic E-state index is 0.604. The fourth-order valence-electron chi connectivity index (χ4n) is 3.45. The van der Waals surface area contributed by atoms with E-state index in [1.54, 1.807) is 0 Å². The second-order valence-corrected chi connectivity index (χ2v) is 6.49. The second-order valence-electron chi connectivity index (χ2n) is 6.49. The molecule has 2 N–H and O–H groups in total. The van der Waals surface area contributed by atoms with Crippen LogP contribution < -0.4 is 5.32 Å². The van der Waals surface area contributed by atoms with Crippen LogP contribution in [0.4, 0.5) is 5.69 Å². The van der Waals surface area contributed by atoms with Crippen LogP contribution in [0.5, 0.6) is 0 Å². The van der Waals surface area contributed by atoms with Crippen LogP contribution in [0.2, 0.25) is 0 Å². The van der Waals surface area contributed by atoms with E-state index >= 15 is 0 Å². The summed E-state index contributed by atoms with van der Waals surface area (Å²) in [5.74, 6) is 1.73. The number of rotatable bonds is 3. The van der Waals surface area contributed by atoms with Gasteiger partial charge in [0.15, 0.2) is 0 Å². The van der Waals surface area contributed by atoms with Crippen LogP contribution in [0.3, 0.4) is 0 Å². The van der Waals surface area contributed by atoms with E-state index in [1.165, 1.54) is 43.2 Å². The predicted octanol–water partition coefficient (Wildman–Crippen LogP) is 4.58. The molecule has 0 amide bonds. The molecule has 1 aromatic heterocycles. The van der Waals surface area contributed by atoms with Crippen LogP contribution >= 0.6 is 0 Å². The molecule has 108 valence electrons. The van der Waals surface area contributed by atoms with E-state index in [0.29, 0.717) is 6.04 Å². The first-order valence-corrected chi connectivity index (χ1v) is 7.92. The summed E-state index contributed by atoms with van der Waals surface area (Å²) < 4.78 is 0. The lowest BCUT2D eigenvalue weighted by atomic mass is 9.89. The molecule has 1 fully saturated rings. The number of nitrogens with one attached hydrogen (secondary N) is 2. The van der Waals surface area contributed by atoms with Crippen LogP contribution in [0.1, 0.15) is 46.0 Å². The highest BCUT2D eigenvalue weighted by atomic mass is 15.1. The van der Waals surface area contributed by atoms with Crippen LogP contribution in [-0.4, -0.2) is 16.2 Å². The molecule has 0 spiro atoms. The van der Waals surface area contributed by atoms with Gasteiger partial charge >= 0.3 is 0 Å². The van der Waals surface area contributed by atoms with Gasteiger partial charge in [-0.2, -0.15) is 5.10 Å². The number of hydrogen-bond donors (Lipinski definition) is 2. The molecule has 2 atom stereocenters. The number of aromatic nitrogens is 2. The van der Waals surface area contributed by atoms with Crippen molar-refractivity contribution in [2.75, 3.05) is 5.32 Å². The lowest BCUT2D eigenvalue weighted by Crippen LogP contribution is -2.19. The SMILES string of the molecule is CC(C)C1CCCC(Nc2cccc3cn[nH]c23)CC1. The van der Waals surface area contributed by atoms with Gasteiger partial charge in [-0.1, -0.05) is 38.8 Å². The van der Waals surface area contributed by atoms with Crippen molar-refractivity contribution in [1.82, 2.24) is 10.2 Å². The Bertz CT molecular complexity index is 558. The van der Waals surface area contributed by atoms with E-state index in [1.807, 2.05) is 6.20 Å². The van der Waals surface area contributed by atoms with Gasteiger partial charge in [0.2, 0.25) is 0 Å². The Morgan fingerprint density at radius 3 is 2.95 bits per heavy atom. The quantitative estimate of drug-likeness (QED) is 0.802. The van der Waals surface area contributed by atoms with Crippen molar-refractivity contribution in [2.45, 2.75) is 52.0 Å². The average Bonchev–Trinajstić information content (AvgIpc) is 2.79. The molecule has 0 saturated heterocycles. The minimum Gasteiger partial charge on any atom is -0.381 e. The van der Waals surface area contributed by atoms with Gasteiger partial charge in [-0.3, -0.25) is 5.10 Å². The first-order valence-electron chi connectivity index (χ1n) is 7.92. The van der Waals surface area contributed by atoms with Crippen LogP contribution in [0.25, 0.3) is 10.9 Å². The molecule has 3 heteroatoms. The second kappa shape index (κ2) is 5.86. The number of fused-ring (bicyclic) bond motifs is 1. The summed E-state index contributed by atoms with van der Waals surface area (Å²) in [4.78, 5) is 0. The summed E-state index contributed by atoms with van der Waals surface area (Å²) in [7, 11) is 0. The van der Waals surface area contributed by atoms with Crippen molar-refractivity contribution in [1.29, 1.82) is 0 Å². The molecule has 3 rings (SSSR count). The first-order chi connectivity index (χ1) is 9.74. The van der Waals surface area contributed by atoms with Crippen LogP contribution in [0.15, 0.2) is 24.4 Å². The van der Waals surface area contributed by atoms with Gasteiger partial charge < -0.3 is 5.32 Å². The van der Waals surface area contributed by atoms with Gasteiger partial charge in [0.1, 0.15) is 0 Å². The topological polar surface area (TPSA) is 40.7 Å². The lowest BCUT2D eigenvalue weighted by Gasteiger charge is -2.20. The van der Waals surface area contributed by atoms with E-state index in [2.05, 4.69) is 47.6 Å². The molecule has 1 aliphatic carbocycles. The number of hydrogen-bond acceptors (Lipinski definition) is 2. The molecule has 1 aromatic carbocycles. The number of H-pyrrole nitrogens is 1. The number of aromatic amines is 1. The van der Waals surface area contributed by atoms with Gasteiger partial charge in [0, 0.05) is 11.4 Å². The van der Waals surface area contributed by atoms with Gasteiger partial charge in [-0.05, 0) is 37.2 Å². The molecule has 1 heterocycles. The highest BCUT2D eigenvalue weighted by Gasteiger charge is 2.21. The standard InChI is InChI=1S/C17H25N3/c1-12(2)13-5-3-7-15(10-9-13)19-16-8-4-6-14-11-18-20-17(14)16/h4,6,8,11-13,15,19H,3,5,7,9-10H2,1-2H3,(H,18,20). The summed E-state index contributed by atoms with van der Waals surface area (Å²) in [6.07, 6.45) is 8.56. The van der Waals surface area contributed by atoms with Gasteiger partial charge in [0.25, 0.3) is 0 Å². The van der Waals surface area contributed by atoms with Gasteiger partial charge in [-0.25, -0.2) is 0 Å². The zero-order chi connectivity index (χ0) is 13.9. The number of anilines is 1. The first kappa shape index (κ1) is 13.5. The zero-order valence-electron chi connectivity index (χ0n) is 12.5. The summed E-state index contributed by atoms with van der Waals surface area (Å²) >= 11 is 0. The average molecular weight is 271 g/mol. The molecule has 2 unspecified atom stereocenters. The zero-order valence-corrected chi connectivity index (χ0v) is 12.5. The Labute approximate surface area is 121 Å². The maximum absolute atomic E-state index is 4.14. The van der Waals surface area contributed by atoms with E-state index in [-0.39, 0.29) is 0 Å². The molecular formula is C17H25N3. The molecule has 0 bridgehead atoms.